The van der Waals surface area contributed by atoms with Crippen LogP contribution in [0.15, 0.2) is 0 Å². The molecular formula is C10H22N2O. The van der Waals surface area contributed by atoms with E-state index >= 15 is 0 Å². The van der Waals surface area contributed by atoms with Crippen LogP contribution in [0.2, 0.25) is 0 Å². The average molecular weight is 186 g/mol. The molecule has 0 amide bonds. The van der Waals surface area contributed by atoms with E-state index in [4.69, 9.17) is 0 Å². The van der Waals surface area contributed by atoms with Gasteiger partial charge in [0.25, 0.3) is 0 Å². The fraction of sp³-hybridized carbons (Fsp3) is 1.00. The number of rotatable bonds is 2. The minimum atomic E-state index is 0.280. The Labute approximate surface area is 81.3 Å². The summed E-state index contributed by atoms with van der Waals surface area (Å²) in [6.45, 7) is 7.89. The first-order valence-electron chi connectivity index (χ1n) is 5.24. The van der Waals surface area contributed by atoms with Gasteiger partial charge in [0.1, 0.15) is 0 Å². The van der Waals surface area contributed by atoms with E-state index in [0.29, 0.717) is 12.1 Å². The molecule has 0 bridgehead atoms. The van der Waals surface area contributed by atoms with E-state index < -0.39 is 0 Å². The zero-order chi connectivity index (χ0) is 9.84. The SMILES string of the molecule is CCN1C(C)CCN(C)CC1CO. The molecule has 13 heavy (non-hydrogen) atoms. The van der Waals surface area contributed by atoms with Gasteiger partial charge in [0.05, 0.1) is 6.61 Å². The molecule has 1 N–H and O–H groups in total. The Morgan fingerprint density at radius 3 is 2.69 bits per heavy atom. The van der Waals surface area contributed by atoms with Crippen LogP contribution in [0.4, 0.5) is 0 Å². The number of aliphatic hydroxyl groups excluding tert-OH is 1. The van der Waals surface area contributed by atoms with Gasteiger partial charge in [0.2, 0.25) is 0 Å². The third kappa shape index (κ3) is 2.66. The summed E-state index contributed by atoms with van der Waals surface area (Å²) < 4.78 is 0. The van der Waals surface area contributed by atoms with E-state index in [1.54, 1.807) is 0 Å². The molecule has 0 aliphatic carbocycles. The number of hydrogen-bond acceptors (Lipinski definition) is 3. The summed E-state index contributed by atoms with van der Waals surface area (Å²) in [5.41, 5.74) is 0. The maximum Gasteiger partial charge on any atom is 0.0599 e. The van der Waals surface area contributed by atoms with Crippen LogP contribution in [0.3, 0.4) is 0 Å². The molecule has 1 aliphatic heterocycles. The first-order chi connectivity index (χ1) is 6.19. The van der Waals surface area contributed by atoms with Gasteiger partial charge >= 0.3 is 0 Å². The maximum atomic E-state index is 9.28. The standard InChI is InChI=1S/C10H22N2O/c1-4-12-9(2)5-6-11(3)7-10(12)8-13/h9-10,13H,4-8H2,1-3H3. The lowest BCUT2D eigenvalue weighted by Crippen LogP contribution is -2.45. The van der Waals surface area contributed by atoms with Gasteiger partial charge in [0.15, 0.2) is 0 Å². The number of aliphatic hydroxyl groups is 1. The van der Waals surface area contributed by atoms with Crippen LogP contribution in [0.5, 0.6) is 0 Å². The summed E-state index contributed by atoms with van der Waals surface area (Å²) in [7, 11) is 2.13. The van der Waals surface area contributed by atoms with Crippen LogP contribution in [-0.4, -0.2) is 60.3 Å². The summed E-state index contributed by atoms with van der Waals surface area (Å²) in [6, 6.07) is 0.930. The predicted octanol–water partition coefficient (Wildman–Crippen LogP) is 0.393. The van der Waals surface area contributed by atoms with Crippen LogP contribution in [0.25, 0.3) is 0 Å². The highest BCUT2D eigenvalue weighted by Gasteiger charge is 2.25. The predicted molar refractivity (Wildman–Crippen MR) is 54.8 cm³/mol. The second kappa shape index (κ2) is 4.94. The highest BCUT2D eigenvalue weighted by Crippen LogP contribution is 2.14. The summed E-state index contributed by atoms with van der Waals surface area (Å²) in [6.07, 6.45) is 1.21. The van der Waals surface area contributed by atoms with Gasteiger partial charge in [-0.1, -0.05) is 6.92 Å². The summed E-state index contributed by atoms with van der Waals surface area (Å²) in [5, 5.41) is 9.28. The lowest BCUT2D eigenvalue weighted by molar-refractivity contribution is 0.0945. The maximum absolute atomic E-state index is 9.28. The Balaban J connectivity index is 2.64. The highest BCUT2D eigenvalue weighted by atomic mass is 16.3. The molecule has 0 aromatic carbocycles. The molecule has 1 heterocycles. The lowest BCUT2D eigenvalue weighted by Gasteiger charge is -2.32. The monoisotopic (exact) mass is 186 g/mol. The molecule has 0 aromatic rings. The van der Waals surface area contributed by atoms with Crippen molar-refractivity contribution in [1.29, 1.82) is 0 Å². The molecule has 0 radical (unpaired) electrons. The fourth-order valence-electron chi connectivity index (χ4n) is 2.22. The van der Waals surface area contributed by atoms with Crippen molar-refractivity contribution in [2.24, 2.45) is 0 Å². The van der Waals surface area contributed by atoms with Crippen molar-refractivity contribution in [2.75, 3.05) is 33.3 Å². The van der Waals surface area contributed by atoms with E-state index in [9.17, 15) is 5.11 Å². The van der Waals surface area contributed by atoms with E-state index in [0.717, 1.165) is 19.6 Å². The van der Waals surface area contributed by atoms with Crippen molar-refractivity contribution < 1.29 is 5.11 Å². The molecule has 0 saturated carbocycles. The minimum Gasteiger partial charge on any atom is -0.395 e. The second-order valence-corrected chi connectivity index (χ2v) is 4.07. The van der Waals surface area contributed by atoms with Crippen molar-refractivity contribution in [1.82, 2.24) is 9.80 Å². The van der Waals surface area contributed by atoms with E-state index in [1.807, 2.05) is 0 Å². The van der Waals surface area contributed by atoms with Crippen molar-refractivity contribution in [2.45, 2.75) is 32.4 Å². The Hall–Kier alpha value is -0.120. The number of nitrogens with zero attached hydrogens (tertiary/aromatic N) is 2. The van der Waals surface area contributed by atoms with Crippen LogP contribution >= 0.6 is 0 Å². The van der Waals surface area contributed by atoms with Gasteiger partial charge < -0.3 is 10.0 Å². The normalized spacial score (nSPS) is 33.2. The quantitative estimate of drug-likeness (QED) is 0.676. The van der Waals surface area contributed by atoms with E-state index in [2.05, 4.69) is 30.7 Å². The average Bonchev–Trinajstić information content (AvgIpc) is 2.26. The topological polar surface area (TPSA) is 26.7 Å². The number of hydrogen-bond donors (Lipinski definition) is 1. The highest BCUT2D eigenvalue weighted by molar-refractivity contribution is 4.82. The molecular weight excluding hydrogens is 164 g/mol. The fourth-order valence-corrected chi connectivity index (χ4v) is 2.22. The summed E-state index contributed by atoms with van der Waals surface area (Å²) >= 11 is 0. The molecule has 1 saturated heterocycles. The summed E-state index contributed by atoms with van der Waals surface area (Å²) in [5.74, 6) is 0. The third-order valence-electron chi connectivity index (χ3n) is 3.06. The van der Waals surface area contributed by atoms with Gasteiger partial charge in [0, 0.05) is 18.6 Å². The van der Waals surface area contributed by atoms with Crippen molar-refractivity contribution in [3.8, 4) is 0 Å². The molecule has 2 unspecified atom stereocenters. The van der Waals surface area contributed by atoms with Crippen molar-refractivity contribution in [3.05, 3.63) is 0 Å². The lowest BCUT2D eigenvalue weighted by atomic mass is 10.1. The summed E-state index contributed by atoms with van der Waals surface area (Å²) in [4.78, 5) is 4.72. The Bertz CT molecular complexity index is 152. The minimum absolute atomic E-state index is 0.280. The molecule has 0 spiro atoms. The molecule has 1 aliphatic rings. The van der Waals surface area contributed by atoms with Gasteiger partial charge in [-0.25, -0.2) is 0 Å². The molecule has 1 rings (SSSR count). The molecule has 1 fully saturated rings. The molecule has 3 nitrogen and oxygen atoms in total. The van der Waals surface area contributed by atoms with E-state index in [1.165, 1.54) is 6.42 Å². The van der Waals surface area contributed by atoms with E-state index in [-0.39, 0.29) is 6.61 Å². The number of likely N-dealkylation sites (N-methyl/N-ethyl adjacent to an activating group) is 2. The van der Waals surface area contributed by atoms with Crippen LogP contribution in [0, 0.1) is 0 Å². The largest absolute Gasteiger partial charge is 0.395 e. The first-order valence-corrected chi connectivity index (χ1v) is 5.24. The molecule has 0 aromatic heterocycles. The zero-order valence-corrected chi connectivity index (χ0v) is 9.03. The molecule has 3 heteroatoms. The van der Waals surface area contributed by atoms with Gasteiger partial charge in [-0.2, -0.15) is 0 Å². The Morgan fingerprint density at radius 2 is 2.15 bits per heavy atom. The van der Waals surface area contributed by atoms with Crippen molar-refractivity contribution in [3.63, 3.8) is 0 Å². The third-order valence-corrected chi connectivity index (χ3v) is 3.06. The van der Waals surface area contributed by atoms with Crippen molar-refractivity contribution >= 4 is 0 Å². The molecule has 78 valence electrons. The molecule has 2 atom stereocenters. The smallest absolute Gasteiger partial charge is 0.0599 e. The van der Waals surface area contributed by atoms with Gasteiger partial charge in [-0.15, -0.1) is 0 Å². The van der Waals surface area contributed by atoms with Crippen LogP contribution in [0.1, 0.15) is 20.3 Å². The second-order valence-electron chi connectivity index (χ2n) is 4.07. The van der Waals surface area contributed by atoms with Crippen LogP contribution in [-0.2, 0) is 0 Å². The Kier molecular flexibility index (Phi) is 4.16. The van der Waals surface area contributed by atoms with Gasteiger partial charge in [-0.3, -0.25) is 4.90 Å². The Morgan fingerprint density at radius 1 is 1.46 bits per heavy atom. The zero-order valence-electron chi connectivity index (χ0n) is 9.03. The first kappa shape index (κ1) is 11.0. The van der Waals surface area contributed by atoms with Crippen LogP contribution < -0.4 is 0 Å². The van der Waals surface area contributed by atoms with Gasteiger partial charge in [-0.05, 0) is 33.5 Å².